The zero-order valence-corrected chi connectivity index (χ0v) is 8.54. The Labute approximate surface area is 87.2 Å². The van der Waals surface area contributed by atoms with Gasteiger partial charge in [0.15, 0.2) is 5.96 Å². The van der Waals surface area contributed by atoms with Gasteiger partial charge in [-0.15, -0.1) is 0 Å². The van der Waals surface area contributed by atoms with Crippen LogP contribution in [0.15, 0.2) is 29.3 Å². The standard InChI is InChI=1S/C9H12N4O2/c1-12(2)9(10)11-7-4-3-5-8(6-7)13(14)15/h3-6H,1-2H3,(H2,10,11). The van der Waals surface area contributed by atoms with Crippen LogP contribution in [0.25, 0.3) is 0 Å². The van der Waals surface area contributed by atoms with E-state index in [9.17, 15) is 10.1 Å². The number of hydrogen-bond acceptors (Lipinski definition) is 3. The first-order valence-corrected chi connectivity index (χ1v) is 4.26. The molecule has 0 amide bonds. The number of nitrogens with zero attached hydrogens (tertiary/aromatic N) is 3. The average Bonchev–Trinajstić information content (AvgIpc) is 2.18. The molecule has 0 aliphatic carbocycles. The number of nitro benzene ring substituents is 1. The highest BCUT2D eigenvalue weighted by atomic mass is 16.6. The molecule has 1 aromatic carbocycles. The molecule has 0 aromatic heterocycles. The summed E-state index contributed by atoms with van der Waals surface area (Å²) in [6, 6.07) is 6.00. The van der Waals surface area contributed by atoms with Crippen LogP contribution < -0.4 is 5.73 Å². The molecule has 0 aliphatic rings. The van der Waals surface area contributed by atoms with Crippen molar-refractivity contribution in [2.45, 2.75) is 0 Å². The SMILES string of the molecule is CN(C)C(N)=Nc1cccc([N+](=O)[O-])c1. The number of non-ortho nitro benzene ring substituents is 1. The van der Waals surface area contributed by atoms with Gasteiger partial charge in [-0.1, -0.05) is 6.07 Å². The monoisotopic (exact) mass is 208 g/mol. The van der Waals surface area contributed by atoms with Crippen molar-refractivity contribution in [3.05, 3.63) is 34.4 Å². The number of hydrogen-bond donors (Lipinski definition) is 1. The molecule has 0 aliphatic heterocycles. The first kappa shape index (κ1) is 11.0. The van der Waals surface area contributed by atoms with Gasteiger partial charge in [-0.2, -0.15) is 0 Å². The molecular formula is C9H12N4O2. The molecule has 1 rings (SSSR count). The third-order valence-corrected chi connectivity index (χ3v) is 1.74. The molecule has 1 aromatic rings. The van der Waals surface area contributed by atoms with Crippen molar-refractivity contribution in [3.63, 3.8) is 0 Å². The largest absolute Gasteiger partial charge is 0.370 e. The number of nitro groups is 1. The molecule has 0 radical (unpaired) electrons. The van der Waals surface area contributed by atoms with E-state index in [4.69, 9.17) is 5.73 Å². The summed E-state index contributed by atoms with van der Waals surface area (Å²) in [5.41, 5.74) is 6.05. The second-order valence-electron chi connectivity index (χ2n) is 3.14. The molecule has 0 spiro atoms. The van der Waals surface area contributed by atoms with Gasteiger partial charge in [-0.05, 0) is 6.07 Å². The van der Waals surface area contributed by atoms with Gasteiger partial charge >= 0.3 is 0 Å². The topological polar surface area (TPSA) is 84.8 Å². The number of guanidine groups is 1. The summed E-state index contributed by atoms with van der Waals surface area (Å²) < 4.78 is 0. The molecule has 0 bridgehead atoms. The maximum atomic E-state index is 10.5. The van der Waals surface area contributed by atoms with Crippen LogP contribution in [0.2, 0.25) is 0 Å². The quantitative estimate of drug-likeness (QED) is 0.341. The number of benzene rings is 1. The van der Waals surface area contributed by atoms with Crippen LogP contribution in [-0.4, -0.2) is 29.9 Å². The summed E-state index contributed by atoms with van der Waals surface area (Å²) in [6.07, 6.45) is 0. The van der Waals surface area contributed by atoms with Crippen molar-refractivity contribution < 1.29 is 4.92 Å². The van der Waals surface area contributed by atoms with Crippen LogP contribution in [0.1, 0.15) is 0 Å². The van der Waals surface area contributed by atoms with Crippen LogP contribution in [0.5, 0.6) is 0 Å². The smallest absolute Gasteiger partial charge is 0.271 e. The molecule has 0 saturated heterocycles. The molecular weight excluding hydrogens is 196 g/mol. The van der Waals surface area contributed by atoms with Crippen LogP contribution in [0, 0.1) is 10.1 Å². The molecule has 6 nitrogen and oxygen atoms in total. The first-order chi connectivity index (χ1) is 7.00. The van der Waals surface area contributed by atoms with E-state index >= 15 is 0 Å². The Morgan fingerprint density at radius 2 is 2.20 bits per heavy atom. The van der Waals surface area contributed by atoms with E-state index in [-0.39, 0.29) is 5.69 Å². The summed E-state index contributed by atoms with van der Waals surface area (Å²) >= 11 is 0. The van der Waals surface area contributed by atoms with Crippen molar-refractivity contribution in [3.8, 4) is 0 Å². The minimum absolute atomic E-state index is 0.00260. The predicted octanol–water partition coefficient (Wildman–Crippen LogP) is 1.10. The minimum Gasteiger partial charge on any atom is -0.370 e. The van der Waals surface area contributed by atoms with Crippen LogP contribution in [0.4, 0.5) is 11.4 Å². The molecule has 15 heavy (non-hydrogen) atoms. The van der Waals surface area contributed by atoms with E-state index in [2.05, 4.69) is 4.99 Å². The molecule has 80 valence electrons. The van der Waals surface area contributed by atoms with Gasteiger partial charge in [0.25, 0.3) is 5.69 Å². The Kier molecular flexibility index (Phi) is 3.22. The molecule has 0 atom stereocenters. The first-order valence-electron chi connectivity index (χ1n) is 4.26. The summed E-state index contributed by atoms with van der Waals surface area (Å²) in [5.74, 6) is 0.301. The van der Waals surface area contributed by atoms with Crippen LogP contribution in [-0.2, 0) is 0 Å². The summed E-state index contributed by atoms with van der Waals surface area (Å²) in [7, 11) is 3.49. The Hall–Kier alpha value is -2.11. The van der Waals surface area contributed by atoms with Gasteiger partial charge in [-0.3, -0.25) is 10.1 Å². The summed E-state index contributed by atoms with van der Waals surface area (Å²) in [6.45, 7) is 0. The highest BCUT2D eigenvalue weighted by molar-refractivity contribution is 5.80. The zero-order chi connectivity index (χ0) is 11.4. The molecule has 0 saturated carbocycles. The third kappa shape index (κ3) is 2.94. The van der Waals surface area contributed by atoms with E-state index in [0.29, 0.717) is 11.6 Å². The van der Waals surface area contributed by atoms with Crippen molar-refractivity contribution in [1.29, 1.82) is 0 Å². The van der Waals surface area contributed by atoms with E-state index in [0.717, 1.165) is 0 Å². The van der Waals surface area contributed by atoms with Gasteiger partial charge in [0.05, 0.1) is 10.6 Å². The lowest BCUT2D eigenvalue weighted by Crippen LogP contribution is -2.29. The highest BCUT2D eigenvalue weighted by Crippen LogP contribution is 2.19. The van der Waals surface area contributed by atoms with Gasteiger partial charge < -0.3 is 10.6 Å². The van der Waals surface area contributed by atoms with Gasteiger partial charge in [0.1, 0.15) is 0 Å². The molecule has 0 fully saturated rings. The summed E-state index contributed by atoms with van der Waals surface area (Å²) in [5, 5.41) is 10.5. The molecule has 6 heteroatoms. The Balaban J connectivity index is 3.01. The minimum atomic E-state index is -0.467. The maximum Gasteiger partial charge on any atom is 0.271 e. The van der Waals surface area contributed by atoms with Crippen molar-refractivity contribution >= 4 is 17.3 Å². The Morgan fingerprint density at radius 1 is 1.53 bits per heavy atom. The van der Waals surface area contributed by atoms with Crippen LogP contribution >= 0.6 is 0 Å². The summed E-state index contributed by atoms with van der Waals surface area (Å²) in [4.78, 5) is 15.7. The van der Waals surface area contributed by atoms with Crippen LogP contribution in [0.3, 0.4) is 0 Å². The average molecular weight is 208 g/mol. The van der Waals surface area contributed by atoms with Gasteiger partial charge in [-0.25, -0.2) is 4.99 Å². The zero-order valence-electron chi connectivity index (χ0n) is 8.54. The fourth-order valence-corrected chi connectivity index (χ4v) is 0.908. The Bertz CT molecular complexity index is 401. The lowest BCUT2D eigenvalue weighted by Gasteiger charge is -2.09. The normalized spacial score (nSPS) is 11.2. The predicted molar refractivity (Wildman–Crippen MR) is 58.1 cm³/mol. The highest BCUT2D eigenvalue weighted by Gasteiger charge is 2.05. The second-order valence-corrected chi connectivity index (χ2v) is 3.14. The molecule has 0 heterocycles. The van der Waals surface area contributed by atoms with E-state index < -0.39 is 4.92 Å². The van der Waals surface area contributed by atoms with Gasteiger partial charge in [0.2, 0.25) is 0 Å². The fourth-order valence-electron chi connectivity index (χ4n) is 0.908. The number of nitrogens with two attached hydrogens (primary N) is 1. The van der Waals surface area contributed by atoms with Crippen molar-refractivity contribution in [1.82, 2.24) is 4.90 Å². The van der Waals surface area contributed by atoms with E-state index in [1.165, 1.54) is 12.1 Å². The maximum absolute atomic E-state index is 10.5. The van der Waals surface area contributed by atoms with Crippen molar-refractivity contribution in [2.24, 2.45) is 10.7 Å². The number of rotatable bonds is 2. The van der Waals surface area contributed by atoms with Gasteiger partial charge in [0, 0.05) is 26.2 Å². The lowest BCUT2D eigenvalue weighted by molar-refractivity contribution is -0.384. The second kappa shape index (κ2) is 4.41. The lowest BCUT2D eigenvalue weighted by atomic mass is 10.3. The molecule has 0 unspecified atom stereocenters. The fraction of sp³-hybridized carbons (Fsp3) is 0.222. The molecule has 2 N–H and O–H groups in total. The number of aliphatic imine (C=N–C) groups is 1. The van der Waals surface area contributed by atoms with E-state index in [1.807, 2.05) is 0 Å². The van der Waals surface area contributed by atoms with E-state index in [1.54, 1.807) is 31.1 Å². The third-order valence-electron chi connectivity index (χ3n) is 1.74. The Morgan fingerprint density at radius 3 is 2.73 bits per heavy atom. The van der Waals surface area contributed by atoms with Crippen molar-refractivity contribution in [2.75, 3.05) is 14.1 Å².